The van der Waals surface area contributed by atoms with Crippen LogP contribution in [0.2, 0.25) is 0 Å². The molecule has 0 aliphatic carbocycles. The average Bonchev–Trinajstić information content (AvgIpc) is 3.04. The lowest BCUT2D eigenvalue weighted by atomic mass is 10.2. The van der Waals surface area contributed by atoms with Crippen molar-refractivity contribution >= 4 is 6.41 Å². The summed E-state index contributed by atoms with van der Waals surface area (Å²) in [6, 6.07) is 7.52. The van der Waals surface area contributed by atoms with Gasteiger partial charge in [-0.2, -0.15) is 0 Å². The molecule has 0 saturated carbocycles. The van der Waals surface area contributed by atoms with E-state index in [9.17, 15) is 4.79 Å². The largest absolute Gasteiger partial charge is 0.497 e. The Kier molecular flexibility index (Phi) is 4.34. The monoisotopic (exact) mass is 302 g/mol. The van der Waals surface area contributed by atoms with Gasteiger partial charge in [-0.3, -0.25) is 9.69 Å². The van der Waals surface area contributed by atoms with E-state index < -0.39 is 0 Å². The van der Waals surface area contributed by atoms with Crippen molar-refractivity contribution in [3.63, 3.8) is 0 Å². The van der Waals surface area contributed by atoms with Gasteiger partial charge in [0.05, 0.1) is 13.7 Å². The van der Waals surface area contributed by atoms with Gasteiger partial charge in [-0.15, -0.1) is 10.2 Å². The molecule has 0 radical (unpaired) electrons. The van der Waals surface area contributed by atoms with E-state index in [0.717, 1.165) is 43.9 Å². The van der Waals surface area contributed by atoms with Crippen molar-refractivity contribution < 1.29 is 13.9 Å². The third kappa shape index (κ3) is 3.25. The molecule has 2 heterocycles. The zero-order valence-electron chi connectivity index (χ0n) is 12.4. The highest BCUT2D eigenvalue weighted by atomic mass is 16.5. The molecule has 0 atom stereocenters. The summed E-state index contributed by atoms with van der Waals surface area (Å²) in [5, 5.41) is 8.19. The first-order valence-corrected chi connectivity index (χ1v) is 7.17. The third-order valence-corrected chi connectivity index (χ3v) is 3.70. The Morgan fingerprint density at radius 3 is 2.82 bits per heavy atom. The summed E-state index contributed by atoms with van der Waals surface area (Å²) >= 11 is 0. The number of carbonyl (C=O) groups is 1. The van der Waals surface area contributed by atoms with Crippen LogP contribution in [0.1, 0.15) is 5.89 Å². The molecule has 0 unspecified atom stereocenters. The average molecular weight is 302 g/mol. The standard InChI is InChI=1S/C15H18N4O3/c1-21-13-4-2-3-12(9-13)15-17-16-14(22-15)10-18-5-7-19(11-20)8-6-18/h2-4,9,11H,5-8,10H2,1H3. The van der Waals surface area contributed by atoms with Gasteiger partial charge in [-0.1, -0.05) is 6.07 Å². The maximum Gasteiger partial charge on any atom is 0.247 e. The van der Waals surface area contributed by atoms with Gasteiger partial charge in [0.15, 0.2) is 0 Å². The van der Waals surface area contributed by atoms with E-state index in [2.05, 4.69) is 15.1 Å². The lowest BCUT2D eigenvalue weighted by molar-refractivity contribution is -0.119. The first kappa shape index (κ1) is 14.5. The molecule has 1 amide bonds. The van der Waals surface area contributed by atoms with Crippen LogP contribution in [0, 0.1) is 0 Å². The highest BCUT2D eigenvalue weighted by Gasteiger charge is 2.18. The maximum absolute atomic E-state index is 10.7. The number of ether oxygens (including phenoxy) is 1. The molecule has 1 aromatic carbocycles. The van der Waals surface area contributed by atoms with Gasteiger partial charge in [0.25, 0.3) is 0 Å². The Bertz CT molecular complexity index is 635. The van der Waals surface area contributed by atoms with Crippen LogP contribution >= 0.6 is 0 Å². The molecule has 1 aliphatic heterocycles. The molecule has 1 aromatic heterocycles. The Labute approximate surface area is 128 Å². The van der Waals surface area contributed by atoms with Crippen molar-refractivity contribution in [2.24, 2.45) is 0 Å². The molecule has 0 spiro atoms. The first-order chi connectivity index (χ1) is 10.8. The van der Waals surface area contributed by atoms with Crippen molar-refractivity contribution in [3.8, 4) is 17.2 Å². The van der Waals surface area contributed by atoms with E-state index >= 15 is 0 Å². The van der Waals surface area contributed by atoms with Gasteiger partial charge >= 0.3 is 0 Å². The fourth-order valence-corrected chi connectivity index (χ4v) is 2.41. The lowest BCUT2D eigenvalue weighted by Gasteiger charge is -2.31. The Balaban J connectivity index is 1.65. The van der Waals surface area contributed by atoms with Gasteiger partial charge < -0.3 is 14.1 Å². The zero-order valence-corrected chi connectivity index (χ0v) is 12.4. The van der Waals surface area contributed by atoms with Crippen LogP contribution in [-0.4, -0.2) is 59.7 Å². The van der Waals surface area contributed by atoms with Crippen LogP contribution < -0.4 is 4.74 Å². The number of piperazine rings is 1. The Hall–Kier alpha value is -2.41. The number of nitrogens with zero attached hydrogens (tertiary/aromatic N) is 4. The number of carbonyl (C=O) groups excluding carboxylic acids is 1. The number of hydrogen-bond acceptors (Lipinski definition) is 6. The molecule has 3 rings (SSSR count). The fourth-order valence-electron chi connectivity index (χ4n) is 2.41. The fraction of sp³-hybridized carbons (Fsp3) is 0.400. The molecule has 22 heavy (non-hydrogen) atoms. The van der Waals surface area contributed by atoms with Gasteiger partial charge in [-0.05, 0) is 18.2 Å². The lowest BCUT2D eigenvalue weighted by Crippen LogP contribution is -2.45. The van der Waals surface area contributed by atoms with Gasteiger partial charge in [-0.25, -0.2) is 0 Å². The first-order valence-electron chi connectivity index (χ1n) is 7.17. The minimum atomic E-state index is 0.487. The van der Waals surface area contributed by atoms with Crippen LogP contribution in [0.4, 0.5) is 0 Å². The van der Waals surface area contributed by atoms with Crippen LogP contribution in [0.5, 0.6) is 5.75 Å². The molecule has 0 bridgehead atoms. The van der Waals surface area contributed by atoms with Gasteiger partial charge in [0.1, 0.15) is 5.75 Å². The third-order valence-electron chi connectivity index (χ3n) is 3.70. The number of benzene rings is 1. The predicted molar refractivity (Wildman–Crippen MR) is 79.2 cm³/mol. The van der Waals surface area contributed by atoms with Crippen LogP contribution in [-0.2, 0) is 11.3 Å². The van der Waals surface area contributed by atoms with Crippen molar-refractivity contribution in [1.82, 2.24) is 20.0 Å². The van der Waals surface area contributed by atoms with Gasteiger partial charge in [0, 0.05) is 31.7 Å². The second-order valence-electron chi connectivity index (χ2n) is 5.15. The molecular formula is C15H18N4O3. The summed E-state index contributed by atoms with van der Waals surface area (Å²) in [5.41, 5.74) is 0.837. The number of methoxy groups -OCH3 is 1. The van der Waals surface area contributed by atoms with Crippen molar-refractivity contribution in [2.75, 3.05) is 33.3 Å². The molecule has 0 N–H and O–H groups in total. The van der Waals surface area contributed by atoms with E-state index in [1.807, 2.05) is 24.3 Å². The molecule has 1 fully saturated rings. The smallest absolute Gasteiger partial charge is 0.247 e. The van der Waals surface area contributed by atoms with E-state index in [1.165, 1.54) is 0 Å². The Morgan fingerprint density at radius 2 is 2.09 bits per heavy atom. The van der Waals surface area contributed by atoms with Crippen LogP contribution in [0.25, 0.3) is 11.5 Å². The van der Waals surface area contributed by atoms with Crippen molar-refractivity contribution in [1.29, 1.82) is 0 Å². The second-order valence-corrected chi connectivity index (χ2v) is 5.15. The van der Waals surface area contributed by atoms with Gasteiger partial charge in [0.2, 0.25) is 18.2 Å². The van der Waals surface area contributed by atoms with Crippen molar-refractivity contribution in [2.45, 2.75) is 6.54 Å². The summed E-state index contributed by atoms with van der Waals surface area (Å²) in [4.78, 5) is 14.7. The summed E-state index contributed by atoms with van der Waals surface area (Å²) in [7, 11) is 1.62. The molecule has 1 aliphatic rings. The number of rotatable bonds is 5. The minimum absolute atomic E-state index is 0.487. The molecular weight excluding hydrogens is 284 g/mol. The summed E-state index contributed by atoms with van der Waals surface area (Å²) in [6.45, 7) is 3.70. The zero-order chi connectivity index (χ0) is 15.4. The van der Waals surface area contributed by atoms with E-state index in [1.54, 1.807) is 12.0 Å². The minimum Gasteiger partial charge on any atom is -0.497 e. The normalized spacial score (nSPS) is 15.8. The molecule has 1 saturated heterocycles. The summed E-state index contributed by atoms with van der Waals surface area (Å²) in [5.74, 6) is 1.82. The SMILES string of the molecule is COc1cccc(-c2nnc(CN3CCN(C=O)CC3)o2)c1. The van der Waals surface area contributed by atoms with E-state index in [4.69, 9.17) is 9.15 Å². The highest BCUT2D eigenvalue weighted by molar-refractivity contribution is 5.55. The molecule has 7 nitrogen and oxygen atoms in total. The van der Waals surface area contributed by atoms with E-state index in [-0.39, 0.29) is 0 Å². The summed E-state index contributed by atoms with van der Waals surface area (Å²) < 4.78 is 10.9. The number of hydrogen-bond donors (Lipinski definition) is 0. The molecule has 7 heteroatoms. The maximum atomic E-state index is 10.7. The molecule has 116 valence electrons. The van der Waals surface area contributed by atoms with Crippen LogP contribution in [0.15, 0.2) is 28.7 Å². The van der Waals surface area contributed by atoms with E-state index in [0.29, 0.717) is 18.3 Å². The second kappa shape index (κ2) is 6.57. The van der Waals surface area contributed by atoms with Crippen molar-refractivity contribution in [3.05, 3.63) is 30.2 Å². The number of amides is 1. The van der Waals surface area contributed by atoms with Crippen LogP contribution in [0.3, 0.4) is 0 Å². The number of aromatic nitrogens is 2. The Morgan fingerprint density at radius 1 is 1.27 bits per heavy atom. The highest BCUT2D eigenvalue weighted by Crippen LogP contribution is 2.23. The topological polar surface area (TPSA) is 71.7 Å². The molecule has 2 aromatic rings. The predicted octanol–water partition coefficient (Wildman–Crippen LogP) is 1.02. The quantitative estimate of drug-likeness (QED) is 0.768. The summed E-state index contributed by atoms with van der Waals surface area (Å²) in [6.07, 6.45) is 0.894.